The number of amidine groups is 1. The molecule has 0 radical (unpaired) electrons. The van der Waals surface area contributed by atoms with Crippen molar-refractivity contribution in [2.75, 3.05) is 39.8 Å². The van der Waals surface area contributed by atoms with Crippen LogP contribution in [0, 0.1) is 5.92 Å². The summed E-state index contributed by atoms with van der Waals surface area (Å²) in [6.45, 7) is 5.65. The number of hydrogen-bond acceptors (Lipinski definition) is 4. The van der Waals surface area contributed by atoms with Crippen molar-refractivity contribution in [1.29, 1.82) is 0 Å². The monoisotopic (exact) mass is 355 g/mol. The smallest absolute Gasteiger partial charge is 0.0953 e. The molecule has 0 unspecified atom stereocenters. The number of likely N-dealkylation sites (tertiary alicyclic amines) is 1. The normalized spacial score (nSPS) is 29.3. The first-order valence-corrected chi connectivity index (χ1v) is 10.2. The highest BCUT2D eigenvalue weighted by molar-refractivity contribution is 5.81. The lowest BCUT2D eigenvalue weighted by molar-refractivity contribution is 0.0149. The molecule has 4 N–H and O–H groups in total. The minimum atomic E-state index is 0.219. The first-order valence-electron chi connectivity index (χ1n) is 10.2. The number of nitrogens with one attached hydrogen (secondary N) is 2. The second-order valence-corrected chi connectivity index (χ2v) is 8.42. The highest BCUT2D eigenvalue weighted by atomic mass is 15.3. The molecular weight excluding hydrogens is 322 g/mol. The zero-order valence-electron chi connectivity index (χ0n) is 16.0. The number of nitrogens with two attached hydrogens (primary N) is 1. The van der Waals surface area contributed by atoms with Gasteiger partial charge in [-0.3, -0.25) is 9.89 Å². The Kier molecular flexibility index (Phi) is 5.30. The topological polar surface area (TPSA) is 65.7 Å². The van der Waals surface area contributed by atoms with Crippen LogP contribution in [0.2, 0.25) is 0 Å². The SMILES string of the molecule is CN=C(N)CC1(N2CCC(CN[C@@H]3C[C@H]3c3ccccc3)CC2)CNC1. The van der Waals surface area contributed by atoms with E-state index in [0.717, 1.165) is 37.2 Å². The molecule has 0 aromatic heterocycles. The minimum absolute atomic E-state index is 0.219. The Morgan fingerprint density at radius 2 is 2.00 bits per heavy atom. The van der Waals surface area contributed by atoms with Gasteiger partial charge in [-0.2, -0.15) is 0 Å². The fourth-order valence-corrected chi connectivity index (χ4v) is 4.71. The van der Waals surface area contributed by atoms with Gasteiger partial charge in [-0.25, -0.2) is 0 Å². The van der Waals surface area contributed by atoms with E-state index in [9.17, 15) is 0 Å². The van der Waals surface area contributed by atoms with E-state index in [1.807, 2.05) is 0 Å². The van der Waals surface area contributed by atoms with Gasteiger partial charge in [-0.05, 0) is 50.4 Å². The molecule has 4 rings (SSSR count). The van der Waals surface area contributed by atoms with Crippen LogP contribution in [0.3, 0.4) is 0 Å². The number of piperidine rings is 1. The number of rotatable bonds is 7. The van der Waals surface area contributed by atoms with Crippen molar-refractivity contribution in [2.45, 2.75) is 43.2 Å². The highest BCUT2D eigenvalue weighted by Crippen LogP contribution is 2.41. The molecule has 5 nitrogen and oxygen atoms in total. The zero-order chi connectivity index (χ0) is 18.0. The molecule has 26 heavy (non-hydrogen) atoms. The summed E-state index contributed by atoms with van der Waals surface area (Å²) in [6.07, 6.45) is 4.79. The lowest BCUT2D eigenvalue weighted by atomic mass is 9.83. The molecule has 0 bridgehead atoms. The summed E-state index contributed by atoms with van der Waals surface area (Å²) < 4.78 is 0. The maximum atomic E-state index is 6.04. The summed E-state index contributed by atoms with van der Waals surface area (Å²) in [7, 11) is 1.80. The molecule has 142 valence electrons. The fraction of sp³-hybridized carbons (Fsp3) is 0.667. The van der Waals surface area contributed by atoms with E-state index in [-0.39, 0.29) is 5.54 Å². The Morgan fingerprint density at radius 1 is 1.27 bits per heavy atom. The van der Waals surface area contributed by atoms with Crippen molar-refractivity contribution in [3.63, 3.8) is 0 Å². The van der Waals surface area contributed by atoms with Gasteiger partial charge in [0.1, 0.15) is 0 Å². The molecule has 3 fully saturated rings. The van der Waals surface area contributed by atoms with E-state index in [1.54, 1.807) is 7.05 Å². The van der Waals surface area contributed by atoms with Crippen molar-refractivity contribution in [2.24, 2.45) is 16.6 Å². The maximum Gasteiger partial charge on any atom is 0.0953 e. The van der Waals surface area contributed by atoms with Gasteiger partial charge in [0.2, 0.25) is 0 Å². The summed E-state index contributed by atoms with van der Waals surface area (Å²) in [5.41, 5.74) is 7.75. The molecule has 1 aliphatic carbocycles. The van der Waals surface area contributed by atoms with Gasteiger partial charge in [0, 0.05) is 38.5 Å². The summed E-state index contributed by atoms with van der Waals surface area (Å²) in [5, 5.41) is 7.27. The van der Waals surface area contributed by atoms with Crippen LogP contribution in [0.5, 0.6) is 0 Å². The molecule has 3 aliphatic rings. The number of aliphatic imine (C=N–C) groups is 1. The van der Waals surface area contributed by atoms with Gasteiger partial charge < -0.3 is 16.4 Å². The summed E-state index contributed by atoms with van der Waals surface area (Å²) in [4.78, 5) is 6.85. The van der Waals surface area contributed by atoms with E-state index < -0.39 is 0 Å². The average molecular weight is 356 g/mol. The predicted octanol–water partition coefficient (Wildman–Crippen LogP) is 1.56. The standard InChI is InChI=1S/C21H33N5/c1-23-20(22)12-21(14-24-15-21)26-9-7-16(8-10-26)13-25-19-11-18(19)17-5-3-2-4-6-17/h2-6,16,18-19,24-25H,7-15H2,1H3,(H2,22,23)/t18-,19+/m0/s1. The molecule has 0 amide bonds. The van der Waals surface area contributed by atoms with Gasteiger partial charge in [-0.15, -0.1) is 0 Å². The molecule has 1 aromatic rings. The Balaban J connectivity index is 1.21. The van der Waals surface area contributed by atoms with Crippen molar-refractivity contribution < 1.29 is 0 Å². The second-order valence-electron chi connectivity index (χ2n) is 8.42. The lowest BCUT2D eigenvalue weighted by Gasteiger charge is -2.53. The number of hydrogen-bond donors (Lipinski definition) is 3. The predicted molar refractivity (Wildman–Crippen MR) is 108 cm³/mol. The van der Waals surface area contributed by atoms with Crippen molar-refractivity contribution in [3.05, 3.63) is 35.9 Å². The van der Waals surface area contributed by atoms with Crippen LogP contribution in [0.25, 0.3) is 0 Å². The molecule has 2 heterocycles. The van der Waals surface area contributed by atoms with Crippen LogP contribution in [0.1, 0.15) is 37.2 Å². The van der Waals surface area contributed by atoms with Crippen LogP contribution in [-0.2, 0) is 0 Å². The first-order chi connectivity index (χ1) is 12.7. The van der Waals surface area contributed by atoms with Crippen molar-refractivity contribution >= 4 is 5.84 Å². The average Bonchev–Trinajstić information content (AvgIpc) is 3.44. The van der Waals surface area contributed by atoms with E-state index in [1.165, 1.54) is 44.5 Å². The van der Waals surface area contributed by atoms with Crippen LogP contribution >= 0.6 is 0 Å². The maximum absolute atomic E-state index is 6.04. The van der Waals surface area contributed by atoms with Gasteiger partial charge in [0.15, 0.2) is 0 Å². The van der Waals surface area contributed by atoms with E-state index in [0.29, 0.717) is 6.04 Å². The Bertz CT molecular complexity index is 617. The number of benzene rings is 1. The Morgan fingerprint density at radius 3 is 2.62 bits per heavy atom. The summed E-state index contributed by atoms with van der Waals surface area (Å²) in [5.74, 6) is 2.33. The van der Waals surface area contributed by atoms with Crippen molar-refractivity contribution in [1.82, 2.24) is 15.5 Å². The molecule has 5 heteroatoms. The van der Waals surface area contributed by atoms with Gasteiger partial charge in [0.25, 0.3) is 0 Å². The second kappa shape index (κ2) is 7.67. The van der Waals surface area contributed by atoms with E-state index >= 15 is 0 Å². The molecule has 2 saturated heterocycles. The van der Waals surface area contributed by atoms with Gasteiger partial charge >= 0.3 is 0 Å². The van der Waals surface area contributed by atoms with Gasteiger partial charge in [-0.1, -0.05) is 30.3 Å². The highest BCUT2D eigenvalue weighted by Gasteiger charge is 2.44. The third-order valence-corrected chi connectivity index (χ3v) is 6.68. The fourth-order valence-electron chi connectivity index (χ4n) is 4.71. The summed E-state index contributed by atoms with van der Waals surface area (Å²) in [6, 6.07) is 11.6. The van der Waals surface area contributed by atoms with E-state index in [2.05, 4.69) is 50.9 Å². The van der Waals surface area contributed by atoms with Crippen LogP contribution < -0.4 is 16.4 Å². The molecule has 2 aliphatic heterocycles. The quantitative estimate of drug-likeness (QED) is 0.513. The molecule has 1 saturated carbocycles. The van der Waals surface area contributed by atoms with Crippen LogP contribution in [0.15, 0.2) is 35.3 Å². The van der Waals surface area contributed by atoms with Crippen LogP contribution in [-0.4, -0.2) is 62.1 Å². The van der Waals surface area contributed by atoms with Crippen LogP contribution in [0.4, 0.5) is 0 Å². The largest absolute Gasteiger partial charge is 0.387 e. The third-order valence-electron chi connectivity index (χ3n) is 6.68. The number of nitrogens with zero attached hydrogens (tertiary/aromatic N) is 2. The molecular formula is C21H33N5. The molecule has 2 atom stereocenters. The Hall–Kier alpha value is -1.43. The zero-order valence-corrected chi connectivity index (χ0v) is 16.0. The minimum Gasteiger partial charge on any atom is -0.387 e. The Labute approximate surface area is 157 Å². The first kappa shape index (κ1) is 18.0. The molecule has 0 spiro atoms. The molecule has 1 aromatic carbocycles. The van der Waals surface area contributed by atoms with E-state index in [4.69, 9.17) is 5.73 Å². The third kappa shape index (κ3) is 3.80. The van der Waals surface area contributed by atoms with Gasteiger partial charge in [0.05, 0.1) is 11.4 Å². The lowest BCUT2D eigenvalue weighted by Crippen LogP contribution is -2.71. The van der Waals surface area contributed by atoms with Crippen molar-refractivity contribution in [3.8, 4) is 0 Å². The summed E-state index contributed by atoms with van der Waals surface area (Å²) >= 11 is 0.